The van der Waals surface area contributed by atoms with E-state index in [0.717, 1.165) is 21.4 Å². The zero-order chi connectivity index (χ0) is 8.55. The minimum absolute atomic E-state index is 0.809. The van der Waals surface area contributed by atoms with Crippen LogP contribution < -0.4 is 5.73 Å². The Labute approximate surface area is 76.6 Å². The summed E-state index contributed by atoms with van der Waals surface area (Å²) in [6, 6.07) is 11.8. The molecule has 0 unspecified atom stereocenters. The number of benzene rings is 2. The fraction of sp³-hybridized carbons (Fsp3) is 0. The molecule has 12 heavy (non-hydrogen) atoms. The van der Waals surface area contributed by atoms with Crippen LogP contribution in [0.2, 0.25) is 0 Å². The number of nitrogen functional groups attached to an aromatic ring is 1. The van der Waals surface area contributed by atoms with E-state index in [4.69, 9.17) is 5.73 Å². The molecule has 1 nitrogen and oxygen atoms in total. The number of fused-ring (bicyclic) bond motifs is 1. The summed E-state index contributed by atoms with van der Waals surface area (Å²) >= 11 is 4.34. The monoisotopic (exact) mass is 175 g/mol. The number of hydrogen-bond donors (Lipinski definition) is 2. The molecule has 0 aliphatic rings. The highest BCUT2D eigenvalue weighted by atomic mass is 32.1. The fourth-order valence-corrected chi connectivity index (χ4v) is 1.60. The topological polar surface area (TPSA) is 26.0 Å². The normalized spacial score (nSPS) is 10.4. The first-order chi connectivity index (χ1) is 5.79. The first-order valence-electron chi connectivity index (χ1n) is 3.75. The molecule has 0 spiro atoms. The van der Waals surface area contributed by atoms with Crippen LogP contribution >= 0.6 is 12.6 Å². The molecule has 0 amide bonds. The first kappa shape index (κ1) is 7.50. The maximum Gasteiger partial charge on any atom is 0.0394 e. The predicted octanol–water partition coefficient (Wildman–Crippen LogP) is 2.71. The Hall–Kier alpha value is -1.15. The molecule has 60 valence electrons. The van der Waals surface area contributed by atoms with E-state index in [9.17, 15) is 0 Å². The molecule has 0 aliphatic heterocycles. The van der Waals surface area contributed by atoms with Gasteiger partial charge in [0.05, 0.1) is 0 Å². The van der Waals surface area contributed by atoms with Crippen molar-refractivity contribution >= 4 is 29.1 Å². The molecule has 0 aromatic heterocycles. The SMILES string of the molecule is Nc1cccc2c(S)cccc12. The van der Waals surface area contributed by atoms with E-state index in [2.05, 4.69) is 12.6 Å². The highest BCUT2D eigenvalue weighted by Crippen LogP contribution is 2.25. The van der Waals surface area contributed by atoms with Crippen molar-refractivity contribution in [2.75, 3.05) is 5.73 Å². The molecule has 2 aromatic rings. The first-order valence-corrected chi connectivity index (χ1v) is 4.20. The van der Waals surface area contributed by atoms with Crippen LogP contribution in [0.4, 0.5) is 5.69 Å². The average Bonchev–Trinajstić information content (AvgIpc) is 2.07. The van der Waals surface area contributed by atoms with Gasteiger partial charge in [-0.2, -0.15) is 0 Å². The molecule has 0 bridgehead atoms. The van der Waals surface area contributed by atoms with E-state index in [1.807, 2.05) is 36.4 Å². The van der Waals surface area contributed by atoms with Crippen molar-refractivity contribution in [1.29, 1.82) is 0 Å². The third-order valence-electron chi connectivity index (χ3n) is 1.93. The third-order valence-corrected chi connectivity index (χ3v) is 2.32. The summed E-state index contributed by atoms with van der Waals surface area (Å²) in [6.45, 7) is 0. The quantitative estimate of drug-likeness (QED) is 0.467. The van der Waals surface area contributed by atoms with Gasteiger partial charge in [0.2, 0.25) is 0 Å². The van der Waals surface area contributed by atoms with Crippen molar-refractivity contribution in [1.82, 2.24) is 0 Å². The van der Waals surface area contributed by atoms with Gasteiger partial charge in [-0.3, -0.25) is 0 Å². The van der Waals surface area contributed by atoms with Gasteiger partial charge in [0.1, 0.15) is 0 Å². The van der Waals surface area contributed by atoms with Crippen LogP contribution in [0.1, 0.15) is 0 Å². The minimum atomic E-state index is 0.809. The van der Waals surface area contributed by atoms with E-state index in [1.54, 1.807) is 0 Å². The zero-order valence-corrected chi connectivity index (χ0v) is 7.38. The van der Waals surface area contributed by atoms with Crippen molar-refractivity contribution in [2.24, 2.45) is 0 Å². The molecule has 0 radical (unpaired) electrons. The summed E-state index contributed by atoms with van der Waals surface area (Å²) in [5, 5.41) is 2.19. The molecule has 2 heteroatoms. The van der Waals surface area contributed by atoms with E-state index in [-0.39, 0.29) is 0 Å². The van der Waals surface area contributed by atoms with Gasteiger partial charge in [-0.1, -0.05) is 24.3 Å². The predicted molar refractivity (Wildman–Crippen MR) is 55.6 cm³/mol. The molecule has 0 aliphatic carbocycles. The standard InChI is InChI=1S/C10H9NS/c11-9-5-1-4-8-7(9)3-2-6-10(8)12/h1-6,12H,11H2. The molecule has 0 atom stereocenters. The molecule has 0 heterocycles. The van der Waals surface area contributed by atoms with E-state index in [0.29, 0.717) is 0 Å². The van der Waals surface area contributed by atoms with Crippen LogP contribution in [0.5, 0.6) is 0 Å². The number of anilines is 1. The van der Waals surface area contributed by atoms with Crippen molar-refractivity contribution in [3.8, 4) is 0 Å². The smallest absolute Gasteiger partial charge is 0.0394 e. The Morgan fingerprint density at radius 2 is 1.58 bits per heavy atom. The van der Waals surface area contributed by atoms with Crippen LogP contribution in [-0.4, -0.2) is 0 Å². The Balaban J connectivity index is 2.94. The molecule has 2 N–H and O–H groups in total. The van der Waals surface area contributed by atoms with Gasteiger partial charge >= 0.3 is 0 Å². The summed E-state index contributed by atoms with van der Waals surface area (Å²) < 4.78 is 0. The molecule has 0 saturated heterocycles. The Kier molecular flexibility index (Phi) is 1.70. The molecular weight excluding hydrogens is 166 g/mol. The number of rotatable bonds is 0. The second kappa shape index (κ2) is 2.72. The van der Waals surface area contributed by atoms with Crippen LogP contribution in [0.25, 0.3) is 10.8 Å². The summed E-state index contributed by atoms with van der Waals surface area (Å²) in [7, 11) is 0. The second-order valence-electron chi connectivity index (χ2n) is 2.72. The third kappa shape index (κ3) is 1.04. The van der Waals surface area contributed by atoms with Gasteiger partial charge in [0, 0.05) is 16.0 Å². The zero-order valence-electron chi connectivity index (χ0n) is 6.49. The molecule has 2 aromatic carbocycles. The highest BCUT2D eigenvalue weighted by Gasteiger charge is 1.98. The van der Waals surface area contributed by atoms with Crippen LogP contribution in [0, 0.1) is 0 Å². The highest BCUT2D eigenvalue weighted by molar-refractivity contribution is 7.80. The number of nitrogens with two attached hydrogens (primary N) is 1. The molecule has 2 rings (SSSR count). The summed E-state index contributed by atoms with van der Waals surface area (Å²) in [5.41, 5.74) is 6.60. The second-order valence-corrected chi connectivity index (χ2v) is 3.20. The average molecular weight is 175 g/mol. The summed E-state index contributed by atoms with van der Waals surface area (Å²) in [4.78, 5) is 0.972. The maximum atomic E-state index is 5.79. The molecule has 0 saturated carbocycles. The number of thiol groups is 1. The van der Waals surface area contributed by atoms with Gasteiger partial charge in [-0.05, 0) is 17.5 Å². The lowest BCUT2D eigenvalue weighted by molar-refractivity contribution is 1.56. The van der Waals surface area contributed by atoms with Crippen LogP contribution in [0.3, 0.4) is 0 Å². The lowest BCUT2D eigenvalue weighted by Gasteiger charge is -2.02. The lowest BCUT2D eigenvalue weighted by Crippen LogP contribution is -1.85. The van der Waals surface area contributed by atoms with Crippen LogP contribution in [-0.2, 0) is 0 Å². The van der Waals surface area contributed by atoms with Gasteiger partial charge in [-0.25, -0.2) is 0 Å². The molecule has 0 fully saturated rings. The van der Waals surface area contributed by atoms with Crippen LogP contribution in [0.15, 0.2) is 41.3 Å². The van der Waals surface area contributed by atoms with Gasteiger partial charge < -0.3 is 5.73 Å². The largest absolute Gasteiger partial charge is 0.398 e. The van der Waals surface area contributed by atoms with E-state index < -0.39 is 0 Å². The van der Waals surface area contributed by atoms with E-state index >= 15 is 0 Å². The van der Waals surface area contributed by atoms with Crippen molar-refractivity contribution < 1.29 is 0 Å². The Bertz CT molecular complexity index is 382. The number of hydrogen-bond acceptors (Lipinski definition) is 2. The summed E-state index contributed by atoms with van der Waals surface area (Å²) in [6.07, 6.45) is 0. The summed E-state index contributed by atoms with van der Waals surface area (Å²) in [5.74, 6) is 0. The van der Waals surface area contributed by atoms with Crippen molar-refractivity contribution in [3.63, 3.8) is 0 Å². The van der Waals surface area contributed by atoms with Crippen molar-refractivity contribution in [2.45, 2.75) is 4.90 Å². The van der Waals surface area contributed by atoms with Crippen molar-refractivity contribution in [3.05, 3.63) is 36.4 Å². The van der Waals surface area contributed by atoms with Gasteiger partial charge in [0.25, 0.3) is 0 Å². The molecular formula is C10H9NS. The minimum Gasteiger partial charge on any atom is -0.398 e. The fourth-order valence-electron chi connectivity index (χ4n) is 1.32. The lowest BCUT2D eigenvalue weighted by atomic mass is 10.1. The van der Waals surface area contributed by atoms with Gasteiger partial charge in [0.15, 0.2) is 0 Å². The maximum absolute atomic E-state index is 5.79. The Morgan fingerprint density at radius 3 is 2.33 bits per heavy atom. The Morgan fingerprint density at radius 1 is 0.917 bits per heavy atom. The van der Waals surface area contributed by atoms with E-state index in [1.165, 1.54) is 0 Å². The van der Waals surface area contributed by atoms with Gasteiger partial charge in [-0.15, -0.1) is 12.6 Å².